The predicted molar refractivity (Wildman–Crippen MR) is 104 cm³/mol. The largest absolute Gasteiger partial charge is 0.497 e. The Kier molecular flexibility index (Phi) is 5.96. The molecule has 2 aromatic rings. The average molecular weight is 367 g/mol. The lowest BCUT2D eigenvalue weighted by Gasteiger charge is -2.35. The number of nitrogens with zero attached hydrogens (tertiary/aromatic N) is 2. The number of carbonyl (C=O) groups is 2. The van der Waals surface area contributed by atoms with Crippen LogP contribution >= 0.6 is 0 Å². The first-order chi connectivity index (χ1) is 13.0. The summed E-state index contributed by atoms with van der Waals surface area (Å²) in [6, 6.07) is 14.9. The number of methoxy groups -OCH3 is 1. The fourth-order valence-corrected chi connectivity index (χ4v) is 3.20. The molecule has 1 heterocycles. The highest BCUT2D eigenvalue weighted by molar-refractivity contribution is 5.81. The molecular formula is C21H25N3O3. The predicted octanol–water partition coefficient (Wildman–Crippen LogP) is 1.73. The number of benzene rings is 2. The lowest BCUT2D eigenvalue weighted by molar-refractivity contribution is -0.138. The minimum Gasteiger partial charge on any atom is -0.497 e. The monoisotopic (exact) mass is 367 g/mol. The Balaban J connectivity index is 1.49. The summed E-state index contributed by atoms with van der Waals surface area (Å²) in [5, 5.41) is 0. The molecule has 0 aliphatic carbocycles. The molecule has 1 aliphatic heterocycles. The number of hydrogen-bond donors (Lipinski definition) is 1. The zero-order chi connectivity index (χ0) is 19.2. The molecular weight excluding hydrogens is 342 g/mol. The van der Waals surface area contributed by atoms with Gasteiger partial charge in [-0.25, -0.2) is 0 Å². The van der Waals surface area contributed by atoms with E-state index in [2.05, 4.69) is 0 Å². The van der Waals surface area contributed by atoms with Gasteiger partial charge in [-0.15, -0.1) is 0 Å². The highest BCUT2D eigenvalue weighted by Gasteiger charge is 2.24. The van der Waals surface area contributed by atoms with Crippen LogP contribution in [0.15, 0.2) is 48.5 Å². The SMILES string of the molecule is COc1cccc(CC(=O)N2CCN(C(=O)Cc3ccc(N)cc3)CC2)c1. The molecule has 142 valence electrons. The molecule has 0 aromatic heterocycles. The maximum absolute atomic E-state index is 12.5. The quantitative estimate of drug-likeness (QED) is 0.817. The van der Waals surface area contributed by atoms with Crippen molar-refractivity contribution >= 4 is 17.5 Å². The fraction of sp³-hybridized carbons (Fsp3) is 0.333. The van der Waals surface area contributed by atoms with Gasteiger partial charge in [0.2, 0.25) is 11.8 Å². The van der Waals surface area contributed by atoms with Crippen LogP contribution in [-0.4, -0.2) is 54.9 Å². The third kappa shape index (κ3) is 5.00. The molecule has 0 radical (unpaired) electrons. The number of hydrogen-bond acceptors (Lipinski definition) is 4. The minimum absolute atomic E-state index is 0.0777. The van der Waals surface area contributed by atoms with Crippen LogP contribution in [0.4, 0.5) is 5.69 Å². The molecule has 0 bridgehead atoms. The molecule has 1 saturated heterocycles. The summed E-state index contributed by atoms with van der Waals surface area (Å²) in [4.78, 5) is 28.7. The maximum Gasteiger partial charge on any atom is 0.227 e. The molecule has 0 saturated carbocycles. The molecule has 6 nitrogen and oxygen atoms in total. The number of rotatable bonds is 5. The lowest BCUT2D eigenvalue weighted by atomic mass is 10.1. The Labute approximate surface area is 159 Å². The fourth-order valence-electron chi connectivity index (χ4n) is 3.20. The molecule has 1 aliphatic rings. The van der Waals surface area contributed by atoms with E-state index in [9.17, 15) is 9.59 Å². The van der Waals surface area contributed by atoms with Crippen molar-refractivity contribution in [2.24, 2.45) is 0 Å². The van der Waals surface area contributed by atoms with Crippen LogP contribution < -0.4 is 10.5 Å². The summed E-state index contributed by atoms with van der Waals surface area (Å²) < 4.78 is 5.20. The number of carbonyl (C=O) groups excluding carboxylic acids is 2. The molecule has 2 N–H and O–H groups in total. The first-order valence-electron chi connectivity index (χ1n) is 9.08. The smallest absolute Gasteiger partial charge is 0.227 e. The second-order valence-corrected chi connectivity index (χ2v) is 6.71. The third-order valence-electron chi connectivity index (χ3n) is 4.81. The highest BCUT2D eigenvalue weighted by Crippen LogP contribution is 2.15. The maximum atomic E-state index is 12.5. The third-order valence-corrected chi connectivity index (χ3v) is 4.81. The summed E-state index contributed by atoms with van der Waals surface area (Å²) >= 11 is 0. The minimum atomic E-state index is 0.0777. The molecule has 2 aromatic carbocycles. The van der Waals surface area contributed by atoms with Gasteiger partial charge in [-0.05, 0) is 35.4 Å². The summed E-state index contributed by atoms with van der Waals surface area (Å²) in [5.74, 6) is 0.909. The van der Waals surface area contributed by atoms with Crippen LogP contribution in [0.1, 0.15) is 11.1 Å². The van der Waals surface area contributed by atoms with Crippen molar-refractivity contribution in [1.29, 1.82) is 0 Å². The first kappa shape index (κ1) is 18.8. The van der Waals surface area contributed by atoms with Crippen molar-refractivity contribution in [2.45, 2.75) is 12.8 Å². The molecule has 0 atom stereocenters. The van der Waals surface area contributed by atoms with Crippen LogP contribution in [0.3, 0.4) is 0 Å². The van der Waals surface area contributed by atoms with Gasteiger partial charge >= 0.3 is 0 Å². The van der Waals surface area contributed by atoms with Crippen LogP contribution in [0.5, 0.6) is 5.75 Å². The van der Waals surface area contributed by atoms with E-state index >= 15 is 0 Å². The number of anilines is 1. The molecule has 0 unspecified atom stereocenters. The van der Waals surface area contributed by atoms with E-state index < -0.39 is 0 Å². The highest BCUT2D eigenvalue weighted by atomic mass is 16.5. The molecule has 2 amide bonds. The van der Waals surface area contributed by atoms with Crippen LogP contribution in [0, 0.1) is 0 Å². The van der Waals surface area contributed by atoms with E-state index in [4.69, 9.17) is 10.5 Å². The van der Waals surface area contributed by atoms with Gasteiger partial charge in [-0.1, -0.05) is 24.3 Å². The van der Waals surface area contributed by atoms with Gasteiger partial charge in [0.25, 0.3) is 0 Å². The van der Waals surface area contributed by atoms with E-state index in [1.807, 2.05) is 46.2 Å². The van der Waals surface area contributed by atoms with Crippen molar-refractivity contribution in [2.75, 3.05) is 39.0 Å². The summed E-state index contributed by atoms with van der Waals surface area (Å²) in [6.45, 7) is 2.27. The number of piperazine rings is 1. The molecule has 1 fully saturated rings. The van der Waals surface area contributed by atoms with Gasteiger partial charge in [0.1, 0.15) is 5.75 Å². The molecule has 27 heavy (non-hydrogen) atoms. The van der Waals surface area contributed by atoms with Crippen molar-refractivity contribution in [1.82, 2.24) is 9.80 Å². The summed E-state index contributed by atoms with van der Waals surface area (Å²) in [5.41, 5.74) is 8.25. The lowest BCUT2D eigenvalue weighted by Crippen LogP contribution is -2.51. The van der Waals surface area contributed by atoms with E-state index in [-0.39, 0.29) is 11.8 Å². The number of nitrogens with two attached hydrogens (primary N) is 1. The number of nitrogen functional groups attached to an aromatic ring is 1. The molecule has 6 heteroatoms. The van der Waals surface area contributed by atoms with E-state index in [0.717, 1.165) is 16.9 Å². The van der Waals surface area contributed by atoms with Gasteiger partial charge in [0.05, 0.1) is 20.0 Å². The molecule has 3 rings (SSSR count). The van der Waals surface area contributed by atoms with Crippen molar-refractivity contribution < 1.29 is 14.3 Å². The summed E-state index contributed by atoms with van der Waals surface area (Å²) in [6.07, 6.45) is 0.703. The van der Waals surface area contributed by atoms with Crippen molar-refractivity contribution in [3.63, 3.8) is 0 Å². The van der Waals surface area contributed by atoms with Crippen LogP contribution in [0.2, 0.25) is 0 Å². The number of ether oxygens (including phenoxy) is 1. The second-order valence-electron chi connectivity index (χ2n) is 6.71. The summed E-state index contributed by atoms with van der Waals surface area (Å²) in [7, 11) is 1.61. The topological polar surface area (TPSA) is 75.9 Å². The van der Waals surface area contributed by atoms with Crippen molar-refractivity contribution in [3.05, 3.63) is 59.7 Å². The van der Waals surface area contributed by atoms with E-state index in [1.54, 1.807) is 19.2 Å². The Morgan fingerprint density at radius 1 is 0.889 bits per heavy atom. The van der Waals surface area contributed by atoms with E-state index in [0.29, 0.717) is 44.7 Å². The second kappa shape index (κ2) is 8.58. The Morgan fingerprint density at radius 3 is 2.00 bits per heavy atom. The van der Waals surface area contributed by atoms with Gasteiger partial charge in [0.15, 0.2) is 0 Å². The van der Waals surface area contributed by atoms with Crippen LogP contribution in [-0.2, 0) is 22.4 Å². The van der Waals surface area contributed by atoms with Gasteiger partial charge in [-0.2, -0.15) is 0 Å². The Bertz CT molecular complexity index is 797. The number of amides is 2. The zero-order valence-corrected chi connectivity index (χ0v) is 15.6. The van der Waals surface area contributed by atoms with E-state index in [1.165, 1.54) is 0 Å². The Hall–Kier alpha value is -3.02. The Morgan fingerprint density at radius 2 is 1.44 bits per heavy atom. The normalized spacial score (nSPS) is 14.1. The average Bonchev–Trinajstić information content (AvgIpc) is 2.70. The first-order valence-corrected chi connectivity index (χ1v) is 9.08. The van der Waals surface area contributed by atoms with Crippen LogP contribution in [0.25, 0.3) is 0 Å². The van der Waals surface area contributed by atoms with Gasteiger partial charge in [0, 0.05) is 31.9 Å². The zero-order valence-electron chi connectivity index (χ0n) is 15.6. The van der Waals surface area contributed by atoms with Gasteiger partial charge in [-0.3, -0.25) is 9.59 Å². The van der Waals surface area contributed by atoms with Gasteiger partial charge < -0.3 is 20.3 Å². The molecule has 0 spiro atoms. The standard InChI is InChI=1S/C21H25N3O3/c1-27-19-4-2-3-17(13-19)15-21(26)24-11-9-23(10-12-24)20(25)14-16-5-7-18(22)8-6-16/h2-8,13H,9-12,14-15,22H2,1H3. The van der Waals surface area contributed by atoms with Crippen molar-refractivity contribution in [3.8, 4) is 5.75 Å².